The first kappa shape index (κ1) is 14.9. The van der Waals surface area contributed by atoms with Gasteiger partial charge in [-0.05, 0) is 56.3 Å². The van der Waals surface area contributed by atoms with Crippen molar-refractivity contribution in [1.29, 1.82) is 0 Å². The van der Waals surface area contributed by atoms with Gasteiger partial charge in [-0.15, -0.1) is 0 Å². The third-order valence-electron chi connectivity index (χ3n) is 5.53. The van der Waals surface area contributed by atoms with Crippen molar-refractivity contribution in [2.45, 2.75) is 51.9 Å². The highest BCUT2D eigenvalue weighted by atomic mass is 16.4. The van der Waals surface area contributed by atoms with Crippen LogP contribution in [0.4, 0.5) is 0 Å². The van der Waals surface area contributed by atoms with Crippen LogP contribution in [-0.4, -0.2) is 35.0 Å². The maximum Gasteiger partial charge on any atom is 0.307 e. The first-order valence-corrected chi connectivity index (χ1v) is 8.60. The van der Waals surface area contributed by atoms with Crippen LogP contribution >= 0.6 is 0 Å². The van der Waals surface area contributed by atoms with Crippen molar-refractivity contribution < 1.29 is 14.7 Å². The van der Waals surface area contributed by atoms with Gasteiger partial charge in [-0.25, -0.2) is 0 Å². The van der Waals surface area contributed by atoms with E-state index in [1.807, 2.05) is 4.90 Å². The molecular weight excluding hydrogens is 266 g/mol. The second kappa shape index (κ2) is 5.98. The van der Waals surface area contributed by atoms with Gasteiger partial charge in [0, 0.05) is 13.1 Å². The van der Waals surface area contributed by atoms with Crippen LogP contribution < -0.4 is 0 Å². The topological polar surface area (TPSA) is 57.6 Å². The van der Waals surface area contributed by atoms with Gasteiger partial charge in [0.15, 0.2) is 0 Å². The molecule has 0 spiro atoms. The normalized spacial score (nSPS) is 32.1. The zero-order chi connectivity index (χ0) is 15.0. The molecule has 21 heavy (non-hydrogen) atoms. The molecule has 0 radical (unpaired) electrons. The van der Waals surface area contributed by atoms with E-state index >= 15 is 0 Å². The number of nitrogens with zero attached hydrogens (tertiary/aromatic N) is 1. The molecule has 3 unspecified atom stereocenters. The van der Waals surface area contributed by atoms with Crippen LogP contribution in [0.2, 0.25) is 0 Å². The summed E-state index contributed by atoms with van der Waals surface area (Å²) in [6, 6.07) is 0. The molecule has 0 aromatic rings. The summed E-state index contributed by atoms with van der Waals surface area (Å²) in [6.45, 7) is 3.84. The number of hydrogen-bond acceptors (Lipinski definition) is 2. The Morgan fingerprint density at radius 2 is 1.48 bits per heavy atom. The first-order chi connectivity index (χ1) is 10.1. The van der Waals surface area contributed by atoms with Crippen LogP contribution in [0.5, 0.6) is 0 Å². The number of hydrogen-bond donors (Lipinski definition) is 1. The molecule has 0 aromatic carbocycles. The second-order valence-electron chi connectivity index (χ2n) is 7.43. The Kier molecular flexibility index (Phi) is 4.23. The fourth-order valence-corrected chi connectivity index (χ4v) is 3.74. The molecule has 3 atom stereocenters. The molecule has 118 valence electrons. The first-order valence-electron chi connectivity index (χ1n) is 8.60. The summed E-state index contributed by atoms with van der Waals surface area (Å²) >= 11 is 0. The van der Waals surface area contributed by atoms with Crippen LogP contribution in [0.25, 0.3) is 0 Å². The fourth-order valence-electron chi connectivity index (χ4n) is 3.74. The van der Waals surface area contributed by atoms with Crippen molar-refractivity contribution in [2.75, 3.05) is 13.1 Å². The van der Waals surface area contributed by atoms with Gasteiger partial charge in [0.25, 0.3) is 0 Å². The molecule has 3 aliphatic rings. The van der Waals surface area contributed by atoms with Crippen molar-refractivity contribution in [3.05, 3.63) is 0 Å². The van der Waals surface area contributed by atoms with E-state index in [1.165, 1.54) is 25.7 Å². The molecule has 0 bridgehead atoms. The summed E-state index contributed by atoms with van der Waals surface area (Å²) in [5.74, 6) is 0.398. The Hall–Kier alpha value is -1.06. The van der Waals surface area contributed by atoms with Crippen molar-refractivity contribution in [3.63, 3.8) is 0 Å². The Bertz CT molecular complexity index is 400. The highest BCUT2D eigenvalue weighted by molar-refractivity contribution is 5.85. The van der Waals surface area contributed by atoms with E-state index in [0.29, 0.717) is 24.2 Å². The van der Waals surface area contributed by atoms with Crippen molar-refractivity contribution in [1.82, 2.24) is 4.90 Å². The highest BCUT2D eigenvalue weighted by Crippen LogP contribution is 2.41. The van der Waals surface area contributed by atoms with Crippen LogP contribution in [0, 0.1) is 29.6 Å². The van der Waals surface area contributed by atoms with E-state index in [1.54, 1.807) is 0 Å². The molecule has 3 rings (SSSR count). The van der Waals surface area contributed by atoms with Gasteiger partial charge in [-0.1, -0.05) is 13.3 Å². The fraction of sp³-hybridized carbons (Fsp3) is 0.882. The lowest BCUT2D eigenvalue weighted by Gasteiger charge is -2.27. The van der Waals surface area contributed by atoms with Crippen LogP contribution in [0.3, 0.4) is 0 Å². The van der Waals surface area contributed by atoms with Gasteiger partial charge in [-0.3, -0.25) is 9.59 Å². The molecule has 0 heterocycles. The van der Waals surface area contributed by atoms with Gasteiger partial charge in [0.2, 0.25) is 5.91 Å². The molecule has 4 heteroatoms. The number of carboxylic acids is 1. The molecule has 3 saturated carbocycles. The van der Waals surface area contributed by atoms with Gasteiger partial charge in [0.1, 0.15) is 0 Å². The van der Waals surface area contributed by atoms with E-state index in [0.717, 1.165) is 25.9 Å². The van der Waals surface area contributed by atoms with E-state index in [2.05, 4.69) is 6.92 Å². The zero-order valence-electron chi connectivity index (χ0n) is 13.0. The average Bonchev–Trinajstić information content (AvgIpc) is 3.37. The van der Waals surface area contributed by atoms with Gasteiger partial charge in [0.05, 0.1) is 11.8 Å². The SMILES string of the molecule is CCC1CC(C(=O)O)C(C(=O)N(CC2CC2)CC2CC2)C1. The summed E-state index contributed by atoms with van der Waals surface area (Å²) in [5, 5.41) is 9.45. The minimum absolute atomic E-state index is 0.136. The summed E-state index contributed by atoms with van der Waals surface area (Å²) in [4.78, 5) is 26.4. The lowest BCUT2D eigenvalue weighted by Crippen LogP contribution is -2.41. The number of carboxylic acid groups (broad SMARTS) is 1. The molecule has 1 amide bonds. The molecule has 0 aliphatic heterocycles. The molecule has 0 aromatic heterocycles. The highest BCUT2D eigenvalue weighted by Gasteiger charge is 2.44. The lowest BCUT2D eigenvalue weighted by molar-refractivity contribution is -0.149. The predicted octanol–water partition coefficient (Wildman–Crippen LogP) is 2.77. The van der Waals surface area contributed by atoms with E-state index < -0.39 is 11.9 Å². The standard InChI is InChI=1S/C17H27NO3/c1-2-11-7-14(15(8-11)17(20)21)16(19)18(9-12-3-4-12)10-13-5-6-13/h11-15H,2-10H2,1H3,(H,20,21). The maximum absolute atomic E-state index is 12.9. The molecule has 4 nitrogen and oxygen atoms in total. The molecule has 3 fully saturated rings. The van der Waals surface area contributed by atoms with E-state index in [9.17, 15) is 14.7 Å². The number of carbonyl (C=O) groups excluding carboxylic acids is 1. The summed E-state index contributed by atoms with van der Waals surface area (Å²) in [6.07, 6.45) is 7.39. The Labute approximate surface area is 126 Å². The quantitative estimate of drug-likeness (QED) is 0.785. The monoisotopic (exact) mass is 293 g/mol. The number of carbonyl (C=O) groups is 2. The van der Waals surface area contributed by atoms with Crippen molar-refractivity contribution >= 4 is 11.9 Å². The minimum Gasteiger partial charge on any atom is -0.481 e. The third kappa shape index (κ3) is 3.58. The third-order valence-corrected chi connectivity index (χ3v) is 5.53. The van der Waals surface area contributed by atoms with E-state index in [-0.39, 0.29) is 11.8 Å². The van der Waals surface area contributed by atoms with E-state index in [4.69, 9.17) is 0 Å². The van der Waals surface area contributed by atoms with Crippen molar-refractivity contribution in [3.8, 4) is 0 Å². The van der Waals surface area contributed by atoms with Crippen LogP contribution in [-0.2, 0) is 9.59 Å². The molecule has 3 aliphatic carbocycles. The maximum atomic E-state index is 12.9. The Morgan fingerprint density at radius 3 is 1.90 bits per heavy atom. The number of amides is 1. The molecule has 1 N–H and O–H groups in total. The van der Waals surface area contributed by atoms with Gasteiger partial charge in [-0.2, -0.15) is 0 Å². The molecular formula is C17H27NO3. The average molecular weight is 293 g/mol. The van der Waals surface area contributed by atoms with Crippen molar-refractivity contribution in [2.24, 2.45) is 29.6 Å². The summed E-state index contributed by atoms with van der Waals surface area (Å²) < 4.78 is 0. The minimum atomic E-state index is -0.776. The van der Waals surface area contributed by atoms with Crippen LogP contribution in [0.1, 0.15) is 51.9 Å². The second-order valence-corrected chi connectivity index (χ2v) is 7.43. The number of rotatable bonds is 7. The number of aliphatic carboxylic acids is 1. The van der Waals surface area contributed by atoms with Crippen LogP contribution in [0.15, 0.2) is 0 Å². The zero-order valence-corrected chi connectivity index (χ0v) is 13.0. The summed E-state index contributed by atoms with van der Waals surface area (Å²) in [5.41, 5.74) is 0. The Balaban J connectivity index is 1.68. The predicted molar refractivity (Wildman–Crippen MR) is 79.7 cm³/mol. The van der Waals surface area contributed by atoms with Gasteiger partial charge < -0.3 is 10.0 Å². The molecule has 0 saturated heterocycles. The lowest BCUT2D eigenvalue weighted by atomic mass is 9.94. The smallest absolute Gasteiger partial charge is 0.307 e. The largest absolute Gasteiger partial charge is 0.481 e. The van der Waals surface area contributed by atoms with Gasteiger partial charge >= 0.3 is 5.97 Å². The Morgan fingerprint density at radius 1 is 0.952 bits per heavy atom. The summed E-state index contributed by atoms with van der Waals surface area (Å²) in [7, 11) is 0.